The Balaban J connectivity index is 1.62. The summed E-state index contributed by atoms with van der Waals surface area (Å²) in [5.41, 5.74) is 2.06. The molecule has 0 aliphatic carbocycles. The molecule has 2 aromatic carbocycles. The Morgan fingerprint density at radius 2 is 1.73 bits per heavy atom. The zero-order valence-electron chi connectivity index (χ0n) is 19.5. The molecule has 7 heteroatoms. The zero-order chi connectivity index (χ0) is 23.5. The summed E-state index contributed by atoms with van der Waals surface area (Å²) < 4.78 is 20.8. The number of benzene rings is 2. The summed E-state index contributed by atoms with van der Waals surface area (Å²) in [6, 6.07) is 13.8. The monoisotopic (exact) mass is 452 g/mol. The minimum Gasteiger partial charge on any atom is -0.463 e. The third kappa shape index (κ3) is 7.41. The van der Waals surface area contributed by atoms with Crippen LogP contribution in [0.3, 0.4) is 0 Å². The molecule has 0 spiro atoms. The van der Waals surface area contributed by atoms with Gasteiger partial charge in [0.1, 0.15) is 5.82 Å². The molecule has 176 valence electrons. The minimum atomic E-state index is -0.348. The number of anilines is 1. The maximum atomic E-state index is 13.8. The second kappa shape index (κ2) is 12.7. The quantitative estimate of drug-likeness (QED) is 0.299. The molecule has 1 heterocycles. The standard InChI is InChI=1S/C26H33FN4O2/c1-3-5-6-7-8-9-10-14-24(32)28-22-15-17-23(18-16-22)31-25(29-26(30-31)33-4-2)20-12-11-13-21(27)19-20/h11-13,15-19H,3-10,14H2,1-2H3,(H,28,32). The number of ether oxygens (including phenoxy) is 1. The van der Waals surface area contributed by atoms with Gasteiger partial charge in [-0.15, -0.1) is 5.10 Å². The molecule has 1 N–H and O–H groups in total. The lowest BCUT2D eigenvalue weighted by molar-refractivity contribution is -0.116. The summed E-state index contributed by atoms with van der Waals surface area (Å²) in [7, 11) is 0. The highest BCUT2D eigenvalue weighted by molar-refractivity contribution is 5.90. The normalized spacial score (nSPS) is 10.9. The molecule has 0 aliphatic heterocycles. The lowest BCUT2D eigenvalue weighted by atomic mass is 10.1. The summed E-state index contributed by atoms with van der Waals surface area (Å²) in [4.78, 5) is 16.7. The number of rotatable bonds is 13. The molecule has 1 amide bonds. The highest BCUT2D eigenvalue weighted by Gasteiger charge is 2.15. The van der Waals surface area contributed by atoms with Gasteiger partial charge in [-0.25, -0.2) is 9.07 Å². The fourth-order valence-corrected chi connectivity index (χ4v) is 3.63. The fourth-order valence-electron chi connectivity index (χ4n) is 3.63. The van der Waals surface area contributed by atoms with Crippen LogP contribution in [0.2, 0.25) is 0 Å². The maximum Gasteiger partial charge on any atom is 0.336 e. The van der Waals surface area contributed by atoms with Crippen molar-refractivity contribution in [3.05, 3.63) is 54.3 Å². The largest absolute Gasteiger partial charge is 0.463 e. The van der Waals surface area contributed by atoms with Gasteiger partial charge in [-0.1, -0.05) is 57.6 Å². The number of amides is 1. The molecule has 3 rings (SSSR count). The molecular formula is C26H33FN4O2. The van der Waals surface area contributed by atoms with Gasteiger partial charge in [0.25, 0.3) is 0 Å². The van der Waals surface area contributed by atoms with Gasteiger partial charge in [0.2, 0.25) is 5.91 Å². The lowest BCUT2D eigenvalue weighted by Crippen LogP contribution is -2.11. The van der Waals surface area contributed by atoms with Crippen LogP contribution in [0.4, 0.5) is 10.1 Å². The van der Waals surface area contributed by atoms with Crippen molar-refractivity contribution < 1.29 is 13.9 Å². The molecule has 0 saturated carbocycles. The third-order valence-corrected chi connectivity index (χ3v) is 5.35. The summed E-state index contributed by atoms with van der Waals surface area (Å²) in [5, 5.41) is 7.37. The van der Waals surface area contributed by atoms with Crippen LogP contribution in [0.1, 0.15) is 65.2 Å². The van der Waals surface area contributed by atoms with E-state index < -0.39 is 0 Å². The van der Waals surface area contributed by atoms with Gasteiger partial charge in [-0.05, 0) is 49.7 Å². The van der Waals surface area contributed by atoms with Gasteiger partial charge < -0.3 is 10.1 Å². The molecule has 1 aromatic heterocycles. The topological polar surface area (TPSA) is 69.0 Å². The average Bonchev–Trinajstić information content (AvgIpc) is 3.23. The molecule has 0 bridgehead atoms. The Labute approximate surface area is 195 Å². The first kappa shape index (κ1) is 24.4. The average molecular weight is 453 g/mol. The number of carbonyl (C=O) groups is 1. The van der Waals surface area contributed by atoms with E-state index in [1.54, 1.807) is 16.8 Å². The Bertz CT molecular complexity index is 1020. The molecule has 33 heavy (non-hydrogen) atoms. The Morgan fingerprint density at radius 3 is 2.42 bits per heavy atom. The summed E-state index contributed by atoms with van der Waals surface area (Å²) in [6.45, 7) is 4.49. The van der Waals surface area contributed by atoms with Crippen molar-refractivity contribution in [2.45, 2.75) is 65.2 Å². The molecule has 6 nitrogen and oxygen atoms in total. The number of hydrogen-bond acceptors (Lipinski definition) is 4. The van der Waals surface area contributed by atoms with Crippen molar-refractivity contribution in [3.63, 3.8) is 0 Å². The van der Waals surface area contributed by atoms with E-state index in [9.17, 15) is 9.18 Å². The number of unbranched alkanes of at least 4 members (excludes halogenated alkanes) is 6. The van der Waals surface area contributed by atoms with Gasteiger partial charge in [0.15, 0.2) is 5.82 Å². The second-order valence-electron chi connectivity index (χ2n) is 8.04. The van der Waals surface area contributed by atoms with Crippen LogP contribution in [-0.4, -0.2) is 27.3 Å². The number of hydrogen-bond donors (Lipinski definition) is 1. The number of nitrogens with one attached hydrogen (secondary N) is 1. The van der Waals surface area contributed by atoms with Crippen LogP contribution in [0.15, 0.2) is 48.5 Å². The van der Waals surface area contributed by atoms with E-state index in [4.69, 9.17) is 4.74 Å². The summed E-state index contributed by atoms with van der Waals surface area (Å²) >= 11 is 0. The molecular weight excluding hydrogens is 419 g/mol. The first-order valence-corrected chi connectivity index (χ1v) is 11.9. The van der Waals surface area contributed by atoms with Crippen molar-refractivity contribution in [1.29, 1.82) is 0 Å². The molecule has 0 radical (unpaired) electrons. The number of carbonyl (C=O) groups excluding carboxylic acids is 1. The van der Waals surface area contributed by atoms with Gasteiger partial charge in [0.05, 0.1) is 12.3 Å². The number of aromatic nitrogens is 3. The van der Waals surface area contributed by atoms with Gasteiger partial charge >= 0.3 is 6.01 Å². The van der Waals surface area contributed by atoms with Crippen LogP contribution in [0.25, 0.3) is 17.1 Å². The lowest BCUT2D eigenvalue weighted by Gasteiger charge is -2.09. The number of halogens is 1. The van der Waals surface area contributed by atoms with Crippen LogP contribution in [0.5, 0.6) is 6.01 Å². The minimum absolute atomic E-state index is 0.0242. The van der Waals surface area contributed by atoms with Gasteiger partial charge in [0, 0.05) is 17.7 Å². The molecule has 0 aliphatic rings. The fraction of sp³-hybridized carbons (Fsp3) is 0.423. The highest BCUT2D eigenvalue weighted by Crippen LogP contribution is 2.25. The van der Waals surface area contributed by atoms with Crippen molar-refractivity contribution in [2.24, 2.45) is 0 Å². The Morgan fingerprint density at radius 1 is 1.00 bits per heavy atom. The smallest absolute Gasteiger partial charge is 0.336 e. The third-order valence-electron chi connectivity index (χ3n) is 5.35. The van der Waals surface area contributed by atoms with E-state index >= 15 is 0 Å². The summed E-state index contributed by atoms with van der Waals surface area (Å²) in [5.74, 6) is 0.156. The highest BCUT2D eigenvalue weighted by atomic mass is 19.1. The van der Waals surface area contributed by atoms with Crippen molar-refractivity contribution in [3.8, 4) is 23.1 Å². The molecule has 3 aromatic rings. The van der Waals surface area contributed by atoms with Crippen molar-refractivity contribution in [2.75, 3.05) is 11.9 Å². The van der Waals surface area contributed by atoms with E-state index in [1.807, 2.05) is 31.2 Å². The van der Waals surface area contributed by atoms with Crippen LogP contribution < -0.4 is 10.1 Å². The first-order chi connectivity index (χ1) is 16.1. The predicted molar refractivity (Wildman–Crippen MR) is 129 cm³/mol. The van der Waals surface area contributed by atoms with E-state index in [2.05, 4.69) is 22.3 Å². The molecule has 0 saturated heterocycles. The van der Waals surface area contributed by atoms with E-state index in [-0.39, 0.29) is 17.7 Å². The van der Waals surface area contributed by atoms with Crippen LogP contribution in [0, 0.1) is 5.82 Å². The van der Waals surface area contributed by atoms with Gasteiger partial charge in [-0.2, -0.15) is 4.98 Å². The van der Waals surface area contributed by atoms with Crippen LogP contribution >= 0.6 is 0 Å². The second-order valence-corrected chi connectivity index (χ2v) is 8.04. The van der Waals surface area contributed by atoms with Crippen molar-refractivity contribution in [1.82, 2.24) is 14.8 Å². The van der Waals surface area contributed by atoms with Gasteiger partial charge in [-0.3, -0.25) is 4.79 Å². The van der Waals surface area contributed by atoms with E-state index in [1.165, 1.54) is 44.2 Å². The summed E-state index contributed by atoms with van der Waals surface area (Å²) in [6.07, 6.45) is 8.80. The SMILES string of the molecule is CCCCCCCCCC(=O)Nc1ccc(-n2nc(OCC)nc2-c2cccc(F)c2)cc1. The first-order valence-electron chi connectivity index (χ1n) is 11.9. The molecule has 0 fully saturated rings. The Hall–Kier alpha value is -3.22. The predicted octanol–water partition coefficient (Wildman–Crippen LogP) is 6.55. The molecule has 0 atom stereocenters. The molecule has 0 unspecified atom stereocenters. The van der Waals surface area contributed by atoms with Crippen LogP contribution in [-0.2, 0) is 4.79 Å². The van der Waals surface area contributed by atoms with E-state index in [0.717, 1.165) is 24.2 Å². The van der Waals surface area contributed by atoms with E-state index in [0.29, 0.717) is 24.4 Å². The Kier molecular flexibility index (Phi) is 9.42. The number of nitrogens with zero attached hydrogens (tertiary/aromatic N) is 3. The van der Waals surface area contributed by atoms with Crippen molar-refractivity contribution >= 4 is 11.6 Å². The zero-order valence-corrected chi connectivity index (χ0v) is 19.5. The maximum absolute atomic E-state index is 13.8.